The molecule has 3 heterocycles. The number of thiophene rings is 2. The van der Waals surface area contributed by atoms with Crippen molar-refractivity contribution in [1.82, 2.24) is 9.97 Å². The van der Waals surface area contributed by atoms with Crippen LogP contribution in [0.3, 0.4) is 0 Å². The van der Waals surface area contributed by atoms with Crippen LogP contribution >= 0.6 is 34.4 Å². The molecule has 1 aliphatic rings. The number of ketones is 1. The fourth-order valence-corrected chi connectivity index (χ4v) is 6.39. The van der Waals surface area contributed by atoms with Crippen molar-refractivity contribution in [1.29, 1.82) is 0 Å². The van der Waals surface area contributed by atoms with Crippen LogP contribution in [0.25, 0.3) is 10.2 Å². The summed E-state index contributed by atoms with van der Waals surface area (Å²) in [5, 5.41) is 4.13. The van der Waals surface area contributed by atoms with Gasteiger partial charge in [0.1, 0.15) is 15.7 Å². The van der Waals surface area contributed by atoms with E-state index in [2.05, 4.69) is 16.9 Å². The summed E-state index contributed by atoms with van der Waals surface area (Å²) in [6, 6.07) is 3.81. The molecule has 3 aromatic rings. The summed E-state index contributed by atoms with van der Waals surface area (Å²) in [4.78, 5) is 25.0. The van der Waals surface area contributed by atoms with E-state index in [9.17, 15) is 4.79 Å². The van der Waals surface area contributed by atoms with Gasteiger partial charge in [0.2, 0.25) is 0 Å². The van der Waals surface area contributed by atoms with E-state index in [0.29, 0.717) is 5.75 Å². The minimum atomic E-state index is 0.178. The second-order valence-corrected chi connectivity index (χ2v) is 9.29. The summed E-state index contributed by atoms with van der Waals surface area (Å²) >= 11 is 4.88. The highest BCUT2D eigenvalue weighted by molar-refractivity contribution is 8.00. The molecule has 4 rings (SSSR count). The number of Topliss-reactive ketones (excluding diaryl/α,β-unsaturated/α-hetero) is 1. The first-order valence-corrected chi connectivity index (χ1v) is 10.8. The molecule has 124 valence electrons. The largest absolute Gasteiger partial charge is 0.292 e. The number of hydrogen-bond donors (Lipinski definition) is 0. The molecule has 3 aromatic heterocycles. The first kappa shape index (κ1) is 16.2. The third-order valence-corrected chi connectivity index (χ3v) is 7.40. The number of carbonyl (C=O) groups excluding carboxylic acids is 1. The Morgan fingerprint density at radius 3 is 3.08 bits per heavy atom. The van der Waals surface area contributed by atoms with E-state index in [-0.39, 0.29) is 5.78 Å². The molecule has 0 radical (unpaired) electrons. The Morgan fingerprint density at radius 1 is 1.42 bits per heavy atom. The number of hydrogen-bond acceptors (Lipinski definition) is 6. The number of nitrogens with zero attached hydrogens (tertiary/aromatic N) is 2. The maximum absolute atomic E-state index is 12.3. The fourth-order valence-electron chi connectivity index (χ4n) is 3.16. The van der Waals surface area contributed by atoms with Gasteiger partial charge in [0, 0.05) is 10.3 Å². The average molecular weight is 375 g/mol. The van der Waals surface area contributed by atoms with E-state index in [4.69, 9.17) is 0 Å². The van der Waals surface area contributed by atoms with E-state index >= 15 is 0 Å². The lowest BCUT2D eigenvalue weighted by Gasteiger charge is -2.18. The second kappa shape index (κ2) is 6.58. The zero-order valence-corrected chi connectivity index (χ0v) is 16.1. The molecule has 0 saturated carbocycles. The van der Waals surface area contributed by atoms with E-state index in [1.54, 1.807) is 11.8 Å². The molecule has 24 heavy (non-hydrogen) atoms. The molecular formula is C18H18N2OS3. The number of rotatable bonds is 4. The Morgan fingerprint density at radius 2 is 2.29 bits per heavy atom. The number of aryl methyl sites for hydroxylation is 2. The van der Waals surface area contributed by atoms with Gasteiger partial charge in [0.25, 0.3) is 0 Å². The Bertz CT molecular complexity index is 899. The predicted molar refractivity (Wildman–Crippen MR) is 103 cm³/mol. The standard InChI is InChI=1S/C18H18N2OS3/c1-10-5-6-12-15(8-10)24-18-16(12)17(19-11(2)20-18)23-9-13(21)14-4-3-7-22-14/h3-4,7,10H,5-6,8-9H2,1-2H3. The fraction of sp³-hybridized carbons (Fsp3) is 0.389. The monoisotopic (exact) mass is 374 g/mol. The van der Waals surface area contributed by atoms with Crippen molar-refractivity contribution in [3.63, 3.8) is 0 Å². The molecule has 0 aromatic carbocycles. The first-order valence-electron chi connectivity index (χ1n) is 8.10. The van der Waals surface area contributed by atoms with Crippen LogP contribution in [0.15, 0.2) is 22.5 Å². The van der Waals surface area contributed by atoms with Gasteiger partial charge < -0.3 is 0 Å². The number of aromatic nitrogens is 2. The third kappa shape index (κ3) is 3.03. The average Bonchev–Trinajstić information content (AvgIpc) is 3.18. The van der Waals surface area contributed by atoms with E-state index in [1.165, 1.54) is 33.6 Å². The van der Waals surface area contributed by atoms with E-state index in [1.807, 2.05) is 35.8 Å². The van der Waals surface area contributed by atoms with Crippen LogP contribution in [0.1, 0.15) is 39.3 Å². The zero-order chi connectivity index (χ0) is 16.7. The van der Waals surface area contributed by atoms with Crippen molar-refractivity contribution in [2.75, 3.05) is 5.75 Å². The molecule has 1 atom stereocenters. The van der Waals surface area contributed by atoms with Gasteiger partial charge in [0.15, 0.2) is 5.78 Å². The van der Waals surface area contributed by atoms with Gasteiger partial charge in [-0.15, -0.1) is 22.7 Å². The molecule has 3 nitrogen and oxygen atoms in total. The SMILES string of the molecule is Cc1nc(SCC(=O)c2cccs2)c2c3c(sc2n1)CC(C)CC3. The molecule has 1 unspecified atom stereocenters. The van der Waals surface area contributed by atoms with Crippen molar-refractivity contribution < 1.29 is 4.79 Å². The Hall–Kier alpha value is -1.24. The smallest absolute Gasteiger partial charge is 0.183 e. The normalized spacial score (nSPS) is 17.2. The number of carbonyl (C=O) groups is 1. The topological polar surface area (TPSA) is 42.9 Å². The second-order valence-electron chi connectivity index (χ2n) is 6.30. The van der Waals surface area contributed by atoms with Crippen LogP contribution in [0.5, 0.6) is 0 Å². The first-order chi connectivity index (χ1) is 11.6. The number of fused-ring (bicyclic) bond motifs is 3. The maximum Gasteiger partial charge on any atom is 0.183 e. The summed E-state index contributed by atoms with van der Waals surface area (Å²) in [7, 11) is 0. The van der Waals surface area contributed by atoms with Gasteiger partial charge in [0.05, 0.1) is 10.6 Å². The Balaban J connectivity index is 1.68. The van der Waals surface area contributed by atoms with Gasteiger partial charge in [-0.25, -0.2) is 9.97 Å². The molecular weight excluding hydrogens is 356 g/mol. The molecule has 0 fully saturated rings. The van der Waals surface area contributed by atoms with Crippen LogP contribution in [0.4, 0.5) is 0 Å². The molecule has 0 amide bonds. The lowest BCUT2D eigenvalue weighted by molar-refractivity contribution is 0.102. The van der Waals surface area contributed by atoms with Crippen LogP contribution in [0.2, 0.25) is 0 Å². The van der Waals surface area contributed by atoms with Crippen LogP contribution < -0.4 is 0 Å². The van der Waals surface area contributed by atoms with Crippen LogP contribution in [-0.4, -0.2) is 21.5 Å². The van der Waals surface area contributed by atoms with Gasteiger partial charge in [-0.05, 0) is 49.1 Å². The summed E-state index contributed by atoms with van der Waals surface area (Å²) in [5.41, 5.74) is 1.43. The molecule has 0 N–H and O–H groups in total. The third-order valence-electron chi connectivity index (χ3n) is 4.37. The maximum atomic E-state index is 12.3. The summed E-state index contributed by atoms with van der Waals surface area (Å²) in [6.45, 7) is 4.26. The molecule has 0 aliphatic heterocycles. The molecule has 0 spiro atoms. The lowest BCUT2D eigenvalue weighted by atomic mass is 9.89. The highest BCUT2D eigenvalue weighted by atomic mass is 32.2. The van der Waals surface area contributed by atoms with Crippen molar-refractivity contribution in [2.24, 2.45) is 5.92 Å². The van der Waals surface area contributed by atoms with Crippen molar-refractivity contribution >= 4 is 50.4 Å². The van der Waals surface area contributed by atoms with E-state index < -0.39 is 0 Å². The highest BCUT2D eigenvalue weighted by Crippen LogP contribution is 2.41. The molecule has 0 bridgehead atoms. The van der Waals surface area contributed by atoms with Gasteiger partial charge in [-0.1, -0.05) is 24.8 Å². The van der Waals surface area contributed by atoms with Gasteiger partial charge in [-0.2, -0.15) is 0 Å². The minimum Gasteiger partial charge on any atom is -0.292 e. The van der Waals surface area contributed by atoms with E-state index in [0.717, 1.165) is 39.3 Å². The van der Waals surface area contributed by atoms with Crippen molar-refractivity contribution in [2.45, 2.75) is 38.1 Å². The summed E-state index contributed by atoms with van der Waals surface area (Å²) in [6.07, 6.45) is 3.48. The Kier molecular flexibility index (Phi) is 4.45. The molecule has 0 saturated heterocycles. The molecule has 1 aliphatic carbocycles. The van der Waals surface area contributed by atoms with Crippen molar-refractivity contribution in [3.05, 3.63) is 38.7 Å². The van der Waals surface area contributed by atoms with Crippen LogP contribution in [0, 0.1) is 12.8 Å². The van der Waals surface area contributed by atoms with Crippen LogP contribution in [-0.2, 0) is 12.8 Å². The number of thioether (sulfide) groups is 1. The van der Waals surface area contributed by atoms with Gasteiger partial charge in [-0.3, -0.25) is 4.79 Å². The minimum absolute atomic E-state index is 0.178. The zero-order valence-electron chi connectivity index (χ0n) is 13.7. The van der Waals surface area contributed by atoms with Gasteiger partial charge >= 0.3 is 0 Å². The lowest BCUT2D eigenvalue weighted by Crippen LogP contribution is -2.09. The van der Waals surface area contributed by atoms with Crippen molar-refractivity contribution in [3.8, 4) is 0 Å². The summed E-state index contributed by atoms with van der Waals surface area (Å²) < 4.78 is 0. The Labute approximate surface area is 153 Å². The highest BCUT2D eigenvalue weighted by Gasteiger charge is 2.24. The predicted octanol–water partition coefficient (Wildman–Crippen LogP) is 5.16. The quantitative estimate of drug-likeness (QED) is 0.359. The molecule has 6 heteroatoms. The summed E-state index contributed by atoms with van der Waals surface area (Å²) in [5.74, 6) is 2.15.